The van der Waals surface area contributed by atoms with Gasteiger partial charge in [0.25, 0.3) is 0 Å². The summed E-state index contributed by atoms with van der Waals surface area (Å²) in [4.78, 5) is 0.190. The maximum absolute atomic E-state index is 12.3. The summed E-state index contributed by atoms with van der Waals surface area (Å²) in [7, 11) is -3.58. The van der Waals surface area contributed by atoms with Crippen molar-refractivity contribution in [3.05, 3.63) is 65.7 Å². The van der Waals surface area contributed by atoms with Crippen LogP contribution in [0.1, 0.15) is 37.1 Å². The fourth-order valence-corrected chi connectivity index (χ4v) is 3.27. The fourth-order valence-electron chi connectivity index (χ4n) is 2.04. The molecule has 21 heavy (non-hydrogen) atoms. The van der Waals surface area contributed by atoms with E-state index >= 15 is 0 Å². The molecule has 0 aliphatic rings. The second kappa shape index (κ2) is 6.39. The summed E-state index contributed by atoms with van der Waals surface area (Å²) < 4.78 is 27.3. The highest BCUT2D eigenvalue weighted by atomic mass is 32.2. The van der Waals surface area contributed by atoms with Crippen LogP contribution in [0.15, 0.2) is 59.5 Å². The van der Waals surface area contributed by atoms with Crippen molar-refractivity contribution in [2.75, 3.05) is 0 Å². The third kappa shape index (κ3) is 3.91. The summed E-state index contributed by atoms with van der Waals surface area (Å²) in [6.07, 6.45) is -0.613. The van der Waals surface area contributed by atoms with Gasteiger partial charge >= 0.3 is 0 Å². The molecule has 2 atom stereocenters. The second-order valence-electron chi connectivity index (χ2n) is 5.00. The molecule has 2 unspecified atom stereocenters. The summed E-state index contributed by atoms with van der Waals surface area (Å²) >= 11 is 0. The molecule has 2 aromatic rings. The Bertz CT molecular complexity index is 679. The van der Waals surface area contributed by atoms with Gasteiger partial charge in [0.2, 0.25) is 10.0 Å². The van der Waals surface area contributed by atoms with Gasteiger partial charge in [-0.2, -0.15) is 0 Å². The average molecular weight is 305 g/mol. The molecular formula is C16H19NO3S. The molecule has 0 saturated heterocycles. The Kier molecular flexibility index (Phi) is 4.77. The number of rotatable bonds is 5. The van der Waals surface area contributed by atoms with E-state index in [0.29, 0.717) is 5.56 Å². The molecule has 0 saturated carbocycles. The smallest absolute Gasteiger partial charge is 0.241 e. The van der Waals surface area contributed by atoms with Gasteiger partial charge in [0.1, 0.15) is 0 Å². The topological polar surface area (TPSA) is 66.4 Å². The van der Waals surface area contributed by atoms with E-state index in [4.69, 9.17) is 0 Å². The van der Waals surface area contributed by atoms with E-state index in [1.54, 1.807) is 26.0 Å². The number of aliphatic hydroxyl groups is 1. The van der Waals surface area contributed by atoms with Gasteiger partial charge in [-0.1, -0.05) is 42.5 Å². The van der Waals surface area contributed by atoms with Crippen molar-refractivity contribution in [1.29, 1.82) is 0 Å². The van der Waals surface area contributed by atoms with Crippen LogP contribution in [0.25, 0.3) is 0 Å². The highest BCUT2D eigenvalue weighted by molar-refractivity contribution is 7.89. The molecule has 4 nitrogen and oxygen atoms in total. The number of sulfonamides is 1. The molecule has 0 aliphatic carbocycles. The number of benzene rings is 2. The Morgan fingerprint density at radius 3 is 2.00 bits per heavy atom. The highest BCUT2D eigenvalue weighted by Gasteiger charge is 2.18. The maximum atomic E-state index is 12.3. The Morgan fingerprint density at radius 1 is 0.905 bits per heavy atom. The second-order valence-corrected chi connectivity index (χ2v) is 6.71. The Morgan fingerprint density at radius 2 is 1.48 bits per heavy atom. The fraction of sp³-hybridized carbons (Fsp3) is 0.250. The Hall–Kier alpha value is -1.69. The first-order valence-corrected chi connectivity index (χ1v) is 8.24. The molecule has 0 amide bonds. The monoisotopic (exact) mass is 305 g/mol. The van der Waals surface area contributed by atoms with Crippen molar-refractivity contribution in [2.45, 2.75) is 30.9 Å². The van der Waals surface area contributed by atoms with Crippen molar-refractivity contribution < 1.29 is 13.5 Å². The minimum Gasteiger partial charge on any atom is -0.389 e. The van der Waals surface area contributed by atoms with Crippen LogP contribution in [0, 0.1) is 0 Å². The van der Waals surface area contributed by atoms with Crippen molar-refractivity contribution in [1.82, 2.24) is 4.72 Å². The van der Waals surface area contributed by atoms with Crippen LogP contribution in [-0.2, 0) is 10.0 Å². The molecule has 2 rings (SSSR count). The molecule has 112 valence electrons. The quantitative estimate of drug-likeness (QED) is 0.892. The van der Waals surface area contributed by atoms with E-state index < -0.39 is 16.1 Å². The van der Waals surface area contributed by atoms with Crippen LogP contribution < -0.4 is 4.72 Å². The molecule has 2 aromatic carbocycles. The summed E-state index contributed by atoms with van der Waals surface area (Å²) in [6, 6.07) is 15.3. The normalized spacial score (nSPS) is 14.6. The van der Waals surface area contributed by atoms with Crippen LogP contribution in [-0.4, -0.2) is 13.5 Å². The predicted octanol–water partition coefficient (Wildman–Crippen LogP) is 2.78. The predicted molar refractivity (Wildman–Crippen MR) is 82.3 cm³/mol. The summed E-state index contributed by atoms with van der Waals surface area (Å²) in [5.74, 6) is 0. The van der Waals surface area contributed by atoms with E-state index in [-0.39, 0.29) is 10.9 Å². The molecule has 0 heterocycles. The Labute approximate surface area is 125 Å². The van der Waals surface area contributed by atoms with Gasteiger partial charge in [-0.15, -0.1) is 0 Å². The van der Waals surface area contributed by atoms with Gasteiger partial charge < -0.3 is 5.11 Å². The van der Waals surface area contributed by atoms with Crippen LogP contribution >= 0.6 is 0 Å². The minimum atomic E-state index is -3.58. The molecule has 0 aromatic heterocycles. The van der Waals surface area contributed by atoms with Crippen LogP contribution in [0.2, 0.25) is 0 Å². The van der Waals surface area contributed by atoms with E-state index in [0.717, 1.165) is 5.56 Å². The lowest BCUT2D eigenvalue weighted by molar-refractivity contribution is 0.199. The molecule has 2 N–H and O–H groups in total. The van der Waals surface area contributed by atoms with Gasteiger partial charge in [0.15, 0.2) is 0 Å². The van der Waals surface area contributed by atoms with Crippen molar-refractivity contribution in [3.8, 4) is 0 Å². The Balaban J connectivity index is 2.18. The third-order valence-electron chi connectivity index (χ3n) is 3.30. The minimum absolute atomic E-state index is 0.190. The van der Waals surface area contributed by atoms with Crippen LogP contribution in [0.4, 0.5) is 0 Å². The van der Waals surface area contributed by atoms with Crippen LogP contribution in [0.5, 0.6) is 0 Å². The molecular weight excluding hydrogens is 286 g/mol. The average Bonchev–Trinajstić information content (AvgIpc) is 2.48. The van der Waals surface area contributed by atoms with E-state index in [9.17, 15) is 13.5 Å². The van der Waals surface area contributed by atoms with Gasteiger partial charge in [-0.25, -0.2) is 13.1 Å². The standard InChI is InChI=1S/C16H19NO3S/c1-12(14-6-4-3-5-7-14)17-21(19,20)16-10-8-15(9-11-16)13(2)18/h3-13,17-18H,1-2H3. The number of hydrogen-bond acceptors (Lipinski definition) is 3. The SMILES string of the molecule is CC(O)c1ccc(S(=O)(=O)NC(C)c2ccccc2)cc1. The van der Waals surface area contributed by atoms with Crippen LogP contribution in [0.3, 0.4) is 0 Å². The van der Waals surface area contributed by atoms with Crippen molar-refractivity contribution in [2.24, 2.45) is 0 Å². The lowest BCUT2D eigenvalue weighted by Gasteiger charge is -2.15. The molecule has 0 radical (unpaired) electrons. The zero-order chi connectivity index (χ0) is 15.5. The molecule has 5 heteroatoms. The van der Waals surface area contributed by atoms with E-state index in [1.165, 1.54) is 12.1 Å². The maximum Gasteiger partial charge on any atom is 0.241 e. The molecule has 0 spiro atoms. The third-order valence-corrected chi connectivity index (χ3v) is 4.86. The van der Waals surface area contributed by atoms with Gasteiger partial charge in [-0.05, 0) is 37.1 Å². The van der Waals surface area contributed by atoms with Crippen molar-refractivity contribution >= 4 is 10.0 Å². The van der Waals surface area contributed by atoms with Gasteiger partial charge in [0.05, 0.1) is 11.0 Å². The van der Waals surface area contributed by atoms with E-state index in [2.05, 4.69) is 4.72 Å². The first kappa shape index (κ1) is 15.7. The number of nitrogens with one attached hydrogen (secondary N) is 1. The first-order valence-electron chi connectivity index (χ1n) is 6.75. The molecule has 0 bridgehead atoms. The van der Waals surface area contributed by atoms with E-state index in [1.807, 2.05) is 30.3 Å². The molecule has 0 aliphatic heterocycles. The zero-order valence-electron chi connectivity index (χ0n) is 12.0. The van der Waals surface area contributed by atoms with Gasteiger partial charge in [0, 0.05) is 6.04 Å². The highest BCUT2D eigenvalue weighted by Crippen LogP contribution is 2.19. The molecule has 0 fully saturated rings. The van der Waals surface area contributed by atoms with Gasteiger partial charge in [-0.3, -0.25) is 0 Å². The lowest BCUT2D eigenvalue weighted by atomic mass is 10.1. The first-order chi connectivity index (χ1) is 9.90. The summed E-state index contributed by atoms with van der Waals surface area (Å²) in [6.45, 7) is 3.44. The summed E-state index contributed by atoms with van der Waals surface area (Å²) in [5, 5.41) is 9.45. The lowest BCUT2D eigenvalue weighted by Crippen LogP contribution is -2.26. The largest absolute Gasteiger partial charge is 0.389 e. The number of aliphatic hydroxyl groups excluding tert-OH is 1. The van der Waals surface area contributed by atoms with Crippen molar-refractivity contribution in [3.63, 3.8) is 0 Å². The number of hydrogen-bond donors (Lipinski definition) is 2. The zero-order valence-corrected chi connectivity index (χ0v) is 12.8. The summed E-state index contributed by atoms with van der Waals surface area (Å²) in [5.41, 5.74) is 1.59.